The van der Waals surface area contributed by atoms with Gasteiger partial charge in [0.25, 0.3) is 5.91 Å². The van der Waals surface area contributed by atoms with Gasteiger partial charge in [-0.3, -0.25) is 4.79 Å². The van der Waals surface area contributed by atoms with Crippen molar-refractivity contribution in [3.8, 4) is 0 Å². The standard InChI is InChI=1S/C19H19N3O/c20-13-9-10-16-15(11-13)17(19(23)22-16)18(21-14-7-4-8-14)12-5-2-1-3-6-12/h1-3,5-6,9-11,14,21H,4,7-8,20H2,(H,22,23)/b18-17-. The number of benzene rings is 2. The molecule has 4 N–H and O–H groups in total. The second-order valence-corrected chi connectivity index (χ2v) is 6.15. The lowest BCUT2D eigenvalue weighted by molar-refractivity contribution is -0.110. The van der Waals surface area contributed by atoms with E-state index >= 15 is 0 Å². The first-order chi connectivity index (χ1) is 11.2. The third-order valence-corrected chi connectivity index (χ3v) is 4.55. The van der Waals surface area contributed by atoms with Crippen molar-refractivity contribution < 1.29 is 4.79 Å². The van der Waals surface area contributed by atoms with Crippen molar-refractivity contribution in [1.29, 1.82) is 0 Å². The number of hydrogen-bond acceptors (Lipinski definition) is 3. The van der Waals surface area contributed by atoms with Gasteiger partial charge in [-0.25, -0.2) is 0 Å². The first-order valence-electron chi connectivity index (χ1n) is 8.00. The minimum absolute atomic E-state index is 0.0729. The van der Waals surface area contributed by atoms with E-state index < -0.39 is 0 Å². The van der Waals surface area contributed by atoms with Crippen LogP contribution < -0.4 is 16.4 Å². The Kier molecular flexibility index (Phi) is 3.30. The van der Waals surface area contributed by atoms with Crippen LogP contribution >= 0.6 is 0 Å². The van der Waals surface area contributed by atoms with Gasteiger partial charge in [-0.15, -0.1) is 0 Å². The van der Waals surface area contributed by atoms with E-state index in [0.29, 0.717) is 17.3 Å². The third-order valence-electron chi connectivity index (χ3n) is 4.55. The molecule has 0 bridgehead atoms. The quantitative estimate of drug-likeness (QED) is 0.602. The maximum Gasteiger partial charge on any atom is 0.258 e. The maximum atomic E-state index is 12.6. The summed E-state index contributed by atoms with van der Waals surface area (Å²) < 4.78 is 0. The molecule has 1 aliphatic carbocycles. The molecule has 4 rings (SSSR count). The summed E-state index contributed by atoms with van der Waals surface area (Å²) in [6.07, 6.45) is 3.54. The van der Waals surface area contributed by atoms with E-state index in [1.165, 1.54) is 6.42 Å². The highest BCUT2D eigenvalue weighted by Gasteiger charge is 2.30. The lowest BCUT2D eigenvalue weighted by atomic mass is 9.91. The van der Waals surface area contributed by atoms with Crippen LogP contribution in [0.25, 0.3) is 11.3 Å². The number of carbonyl (C=O) groups excluding carboxylic acids is 1. The average molecular weight is 305 g/mol. The van der Waals surface area contributed by atoms with E-state index in [1.54, 1.807) is 0 Å². The Labute approximate surface area is 135 Å². The molecule has 0 spiro atoms. The Morgan fingerprint density at radius 1 is 1.13 bits per heavy atom. The molecule has 0 unspecified atom stereocenters. The second-order valence-electron chi connectivity index (χ2n) is 6.15. The lowest BCUT2D eigenvalue weighted by Gasteiger charge is -2.29. The number of nitrogen functional groups attached to an aromatic ring is 1. The number of nitrogens with one attached hydrogen (secondary N) is 2. The predicted molar refractivity (Wildman–Crippen MR) is 93.5 cm³/mol. The van der Waals surface area contributed by atoms with Crippen molar-refractivity contribution >= 4 is 28.6 Å². The van der Waals surface area contributed by atoms with Crippen molar-refractivity contribution in [3.63, 3.8) is 0 Å². The third kappa shape index (κ3) is 2.46. The fourth-order valence-electron chi connectivity index (χ4n) is 3.09. The van der Waals surface area contributed by atoms with Crippen LogP contribution in [0.1, 0.15) is 30.4 Å². The molecule has 1 aliphatic heterocycles. The molecule has 0 atom stereocenters. The van der Waals surface area contributed by atoms with E-state index in [2.05, 4.69) is 10.6 Å². The van der Waals surface area contributed by atoms with E-state index in [-0.39, 0.29) is 5.91 Å². The van der Waals surface area contributed by atoms with Crippen LogP contribution in [0.15, 0.2) is 48.5 Å². The minimum Gasteiger partial charge on any atom is -0.399 e. The molecular formula is C19H19N3O. The van der Waals surface area contributed by atoms with Crippen molar-refractivity contribution in [1.82, 2.24) is 5.32 Å². The number of rotatable bonds is 3. The molecule has 2 aliphatic rings. The molecular weight excluding hydrogens is 286 g/mol. The van der Waals surface area contributed by atoms with Crippen molar-refractivity contribution in [3.05, 3.63) is 59.7 Å². The molecule has 0 saturated heterocycles. The summed E-state index contributed by atoms with van der Waals surface area (Å²) in [5, 5.41) is 6.52. The van der Waals surface area contributed by atoms with Gasteiger partial charge in [-0.2, -0.15) is 0 Å². The first kappa shape index (κ1) is 13.9. The van der Waals surface area contributed by atoms with Gasteiger partial charge in [0.1, 0.15) is 0 Å². The first-order valence-corrected chi connectivity index (χ1v) is 8.00. The predicted octanol–water partition coefficient (Wildman–Crippen LogP) is 3.23. The van der Waals surface area contributed by atoms with E-state index in [1.807, 2.05) is 48.5 Å². The average Bonchev–Trinajstić information content (AvgIpc) is 2.83. The minimum atomic E-state index is -0.0729. The smallest absolute Gasteiger partial charge is 0.258 e. The van der Waals surface area contributed by atoms with Crippen LogP contribution in [0.2, 0.25) is 0 Å². The highest BCUT2D eigenvalue weighted by atomic mass is 16.2. The molecule has 116 valence electrons. The van der Waals surface area contributed by atoms with Gasteiger partial charge in [0.15, 0.2) is 0 Å². The summed E-state index contributed by atoms with van der Waals surface area (Å²) in [5.41, 5.74) is 10.9. The second kappa shape index (κ2) is 5.47. The fourth-order valence-corrected chi connectivity index (χ4v) is 3.09. The molecule has 1 saturated carbocycles. The normalized spacial score (nSPS) is 18.9. The van der Waals surface area contributed by atoms with Crippen molar-refractivity contribution in [2.24, 2.45) is 0 Å². The zero-order valence-electron chi connectivity index (χ0n) is 12.8. The topological polar surface area (TPSA) is 67.1 Å². The van der Waals surface area contributed by atoms with E-state index in [4.69, 9.17) is 5.73 Å². The van der Waals surface area contributed by atoms with Crippen LogP contribution in [-0.4, -0.2) is 11.9 Å². The Morgan fingerprint density at radius 3 is 2.61 bits per heavy atom. The fraction of sp³-hybridized carbons (Fsp3) is 0.211. The van der Waals surface area contributed by atoms with Crippen LogP contribution in [-0.2, 0) is 4.79 Å². The summed E-state index contributed by atoms with van der Waals surface area (Å²) in [6.45, 7) is 0. The summed E-state index contributed by atoms with van der Waals surface area (Å²) in [6, 6.07) is 16.0. The summed E-state index contributed by atoms with van der Waals surface area (Å²) >= 11 is 0. The molecule has 2 aromatic rings. The molecule has 4 nitrogen and oxygen atoms in total. The summed E-state index contributed by atoms with van der Waals surface area (Å²) in [7, 11) is 0. The number of carbonyl (C=O) groups is 1. The van der Waals surface area contributed by atoms with Crippen LogP contribution in [0.4, 0.5) is 11.4 Å². The van der Waals surface area contributed by atoms with Crippen LogP contribution in [0.3, 0.4) is 0 Å². The van der Waals surface area contributed by atoms with Crippen molar-refractivity contribution in [2.45, 2.75) is 25.3 Å². The molecule has 23 heavy (non-hydrogen) atoms. The summed E-state index contributed by atoms with van der Waals surface area (Å²) in [5.74, 6) is -0.0729. The van der Waals surface area contributed by atoms with Gasteiger partial charge in [0.05, 0.1) is 11.3 Å². The molecule has 1 fully saturated rings. The zero-order valence-corrected chi connectivity index (χ0v) is 12.8. The number of amides is 1. The Balaban J connectivity index is 1.88. The van der Waals surface area contributed by atoms with Gasteiger partial charge < -0.3 is 16.4 Å². The van der Waals surface area contributed by atoms with Crippen LogP contribution in [0.5, 0.6) is 0 Å². The Hall–Kier alpha value is -2.75. The lowest BCUT2D eigenvalue weighted by Crippen LogP contribution is -2.34. The van der Waals surface area contributed by atoms with Crippen molar-refractivity contribution in [2.75, 3.05) is 11.1 Å². The van der Waals surface area contributed by atoms with E-state index in [0.717, 1.165) is 35.4 Å². The SMILES string of the molecule is Nc1ccc2c(c1)/C(=C(/NC1CCC1)c1ccccc1)C(=O)N2. The van der Waals surface area contributed by atoms with Gasteiger partial charge in [-0.05, 0) is 43.0 Å². The molecule has 0 radical (unpaired) electrons. The number of fused-ring (bicyclic) bond motifs is 1. The largest absolute Gasteiger partial charge is 0.399 e. The molecule has 1 amide bonds. The van der Waals surface area contributed by atoms with Gasteiger partial charge in [0.2, 0.25) is 0 Å². The highest BCUT2D eigenvalue weighted by molar-refractivity contribution is 6.36. The molecule has 1 heterocycles. The molecule has 2 aromatic carbocycles. The maximum absolute atomic E-state index is 12.6. The molecule has 4 heteroatoms. The summed E-state index contributed by atoms with van der Waals surface area (Å²) in [4.78, 5) is 12.6. The van der Waals surface area contributed by atoms with E-state index in [9.17, 15) is 4.79 Å². The number of hydrogen-bond donors (Lipinski definition) is 3. The zero-order chi connectivity index (χ0) is 15.8. The number of nitrogens with two attached hydrogens (primary N) is 1. The Morgan fingerprint density at radius 2 is 1.91 bits per heavy atom. The van der Waals surface area contributed by atoms with Gasteiger partial charge in [-0.1, -0.05) is 30.3 Å². The monoisotopic (exact) mass is 305 g/mol. The number of anilines is 2. The van der Waals surface area contributed by atoms with Gasteiger partial charge in [0, 0.05) is 23.0 Å². The Bertz CT molecular complexity index is 792. The van der Waals surface area contributed by atoms with Crippen LogP contribution in [0, 0.1) is 0 Å². The highest BCUT2D eigenvalue weighted by Crippen LogP contribution is 2.38. The molecule has 0 aromatic heterocycles. The van der Waals surface area contributed by atoms with Gasteiger partial charge >= 0.3 is 0 Å².